The number of carbonyl (C=O) groups excluding carboxylic acids is 2. The van der Waals surface area contributed by atoms with Crippen molar-refractivity contribution in [3.8, 4) is 5.75 Å². The van der Waals surface area contributed by atoms with Crippen molar-refractivity contribution in [2.75, 3.05) is 23.5 Å². The van der Waals surface area contributed by atoms with Crippen LogP contribution in [0.2, 0.25) is 0 Å². The zero-order valence-electron chi connectivity index (χ0n) is 27.5. The molecule has 4 aromatic carbocycles. The molecule has 0 radical (unpaired) electrons. The van der Waals surface area contributed by atoms with E-state index in [0.717, 1.165) is 23.2 Å². The van der Waals surface area contributed by atoms with Gasteiger partial charge in [0.15, 0.2) is 5.60 Å². The normalized spacial score (nSPS) is 16.8. The molecule has 6 rings (SSSR count). The molecule has 2 amide bonds. The van der Waals surface area contributed by atoms with Crippen LogP contribution in [0.3, 0.4) is 0 Å². The highest BCUT2D eigenvalue weighted by Crippen LogP contribution is 2.47. The lowest BCUT2D eigenvalue weighted by Gasteiger charge is -2.28. The van der Waals surface area contributed by atoms with E-state index in [9.17, 15) is 19.8 Å². The van der Waals surface area contributed by atoms with Crippen molar-refractivity contribution < 1.29 is 24.5 Å². The van der Waals surface area contributed by atoms with Crippen LogP contribution in [-0.4, -0.2) is 51.2 Å². The van der Waals surface area contributed by atoms with Gasteiger partial charge in [-0.15, -0.1) is 5.10 Å². The number of benzene rings is 4. The highest BCUT2D eigenvalue weighted by Gasteiger charge is 2.52. The number of nitrogens with zero attached hydrogens (tertiary/aromatic N) is 5. The first kappa shape index (κ1) is 33.3. The SMILES string of the molecule is COc1ccc2c(c1)[C@](O)([C@@H](C)/C=C/CCn1cc(C(CO)c3ccccc3)nn1)C(=O)N2Cc1cccc(N(C=O)c2ccccc2)c1. The molecule has 0 aliphatic carbocycles. The standard InChI is InChI=1S/C39H39N5O5/c1-28(12-9-10-21-42-25-36(40-41-42)34(26-45)30-14-5-3-6-15-30)39(48)35-23-33(49-2)19-20-37(35)43(38(39)47)24-29-13-11-18-32(22-29)44(27-46)31-16-7-4-8-17-31/h3-9,11-20,22-23,25,27-28,34,45,48H,10,21,24,26H2,1-2H3/b12-9+/t28-,34?,39+/m0/s1. The van der Waals surface area contributed by atoms with Crippen LogP contribution in [0.4, 0.5) is 17.1 Å². The summed E-state index contributed by atoms with van der Waals surface area (Å²) in [4.78, 5) is 29.4. The van der Waals surface area contributed by atoms with Gasteiger partial charge in [0.1, 0.15) is 5.75 Å². The molecule has 2 heterocycles. The van der Waals surface area contributed by atoms with E-state index < -0.39 is 17.4 Å². The number of aliphatic hydroxyl groups is 2. The van der Waals surface area contributed by atoms with Crippen molar-refractivity contribution in [3.63, 3.8) is 0 Å². The number of aromatic nitrogens is 3. The maximum Gasteiger partial charge on any atom is 0.264 e. The number of methoxy groups -OCH3 is 1. The Hall–Kier alpha value is -5.58. The molecule has 3 atom stereocenters. The maximum absolute atomic E-state index is 14.2. The van der Waals surface area contributed by atoms with Crippen molar-refractivity contribution in [1.82, 2.24) is 15.0 Å². The summed E-state index contributed by atoms with van der Waals surface area (Å²) in [7, 11) is 1.55. The van der Waals surface area contributed by atoms with Gasteiger partial charge >= 0.3 is 0 Å². The van der Waals surface area contributed by atoms with Gasteiger partial charge in [-0.25, -0.2) is 0 Å². The summed E-state index contributed by atoms with van der Waals surface area (Å²) in [6, 6.07) is 31.8. The van der Waals surface area contributed by atoms with E-state index in [0.29, 0.717) is 41.3 Å². The minimum Gasteiger partial charge on any atom is -0.497 e. The van der Waals surface area contributed by atoms with Gasteiger partial charge in [-0.3, -0.25) is 19.2 Å². The fraction of sp³-hybridized carbons (Fsp3) is 0.231. The summed E-state index contributed by atoms with van der Waals surface area (Å²) >= 11 is 0. The Labute approximate surface area is 285 Å². The van der Waals surface area contributed by atoms with E-state index in [4.69, 9.17) is 4.74 Å². The molecule has 0 saturated heterocycles. The lowest BCUT2D eigenvalue weighted by molar-refractivity contribution is -0.139. The monoisotopic (exact) mass is 657 g/mol. The van der Waals surface area contributed by atoms with Crippen molar-refractivity contribution in [1.29, 1.82) is 0 Å². The lowest BCUT2D eigenvalue weighted by Crippen LogP contribution is -2.44. The van der Waals surface area contributed by atoms with Crippen molar-refractivity contribution >= 4 is 29.4 Å². The molecule has 1 aliphatic rings. The molecule has 5 aromatic rings. The predicted molar refractivity (Wildman–Crippen MR) is 187 cm³/mol. The largest absolute Gasteiger partial charge is 0.497 e. The summed E-state index contributed by atoms with van der Waals surface area (Å²) in [5, 5.41) is 30.7. The number of hydrogen-bond donors (Lipinski definition) is 2. The second-order valence-corrected chi connectivity index (χ2v) is 12.1. The highest BCUT2D eigenvalue weighted by atomic mass is 16.5. The van der Waals surface area contributed by atoms with Gasteiger partial charge in [0.25, 0.3) is 5.91 Å². The first-order valence-electron chi connectivity index (χ1n) is 16.2. The molecule has 0 spiro atoms. The van der Waals surface area contributed by atoms with E-state index in [1.54, 1.807) is 39.8 Å². The minimum atomic E-state index is -1.83. The number of hydrogen-bond acceptors (Lipinski definition) is 7. The third-order valence-electron chi connectivity index (χ3n) is 9.05. The van der Waals surface area contributed by atoms with Crippen LogP contribution in [0, 0.1) is 5.92 Å². The average molecular weight is 658 g/mol. The highest BCUT2D eigenvalue weighted by molar-refractivity contribution is 6.07. The smallest absolute Gasteiger partial charge is 0.264 e. The summed E-state index contributed by atoms with van der Waals surface area (Å²) in [5.41, 5.74) is 3.08. The first-order chi connectivity index (χ1) is 23.9. The summed E-state index contributed by atoms with van der Waals surface area (Å²) in [6.45, 7) is 2.47. The summed E-state index contributed by atoms with van der Waals surface area (Å²) < 4.78 is 7.20. The second kappa shape index (κ2) is 14.7. The molecule has 0 fully saturated rings. The quantitative estimate of drug-likeness (QED) is 0.116. The summed E-state index contributed by atoms with van der Waals surface area (Å²) in [6.07, 6.45) is 6.97. The number of amides is 2. The molecule has 1 aliphatic heterocycles. The van der Waals surface area contributed by atoms with Crippen LogP contribution in [0.15, 0.2) is 121 Å². The number of aliphatic hydroxyl groups excluding tert-OH is 1. The number of carbonyl (C=O) groups is 2. The van der Waals surface area contributed by atoms with E-state index in [1.165, 1.54) is 0 Å². The van der Waals surface area contributed by atoms with Gasteiger partial charge in [0.2, 0.25) is 6.41 Å². The molecule has 2 N–H and O–H groups in total. The Kier molecular flexibility index (Phi) is 9.98. The van der Waals surface area contributed by atoms with Crippen LogP contribution >= 0.6 is 0 Å². The van der Waals surface area contributed by atoms with Crippen molar-refractivity contribution in [2.24, 2.45) is 5.92 Å². The van der Waals surface area contributed by atoms with Gasteiger partial charge in [-0.05, 0) is 60.0 Å². The average Bonchev–Trinajstić information content (AvgIpc) is 3.69. The number of aryl methyl sites for hydroxylation is 1. The van der Waals surface area contributed by atoms with Crippen LogP contribution in [0.5, 0.6) is 5.75 Å². The Morgan fingerprint density at radius 1 is 0.959 bits per heavy atom. The molecule has 49 heavy (non-hydrogen) atoms. The van der Waals surface area contributed by atoms with Crippen LogP contribution in [0.25, 0.3) is 0 Å². The van der Waals surface area contributed by atoms with Crippen molar-refractivity contribution in [3.05, 3.63) is 144 Å². The molecule has 250 valence electrons. The molecule has 0 saturated carbocycles. The third kappa shape index (κ3) is 6.74. The Morgan fingerprint density at radius 2 is 1.69 bits per heavy atom. The van der Waals surface area contributed by atoms with E-state index in [-0.39, 0.29) is 19.1 Å². The molecule has 10 nitrogen and oxygen atoms in total. The second-order valence-electron chi connectivity index (χ2n) is 12.1. The zero-order chi connectivity index (χ0) is 34.4. The number of anilines is 3. The van der Waals surface area contributed by atoms with E-state index in [1.807, 2.05) is 110 Å². The number of fused-ring (bicyclic) bond motifs is 1. The first-order valence-corrected chi connectivity index (χ1v) is 16.2. The van der Waals surface area contributed by atoms with E-state index >= 15 is 0 Å². The minimum absolute atomic E-state index is 0.0771. The zero-order valence-corrected chi connectivity index (χ0v) is 27.5. The molecule has 0 bridgehead atoms. The lowest BCUT2D eigenvalue weighted by atomic mass is 9.83. The number of ether oxygens (including phenoxy) is 1. The number of rotatable bonds is 14. The Bertz CT molecular complexity index is 1930. The van der Waals surface area contributed by atoms with Gasteiger partial charge in [0, 0.05) is 35.6 Å². The topological polar surface area (TPSA) is 121 Å². The summed E-state index contributed by atoms with van der Waals surface area (Å²) in [5.74, 6) is -0.740. The predicted octanol–water partition coefficient (Wildman–Crippen LogP) is 5.72. The van der Waals surface area contributed by atoms with Gasteiger partial charge in [-0.2, -0.15) is 0 Å². The number of allylic oxidation sites excluding steroid dienone is 1. The fourth-order valence-corrected chi connectivity index (χ4v) is 6.34. The van der Waals surface area contributed by atoms with Gasteiger partial charge in [-0.1, -0.05) is 85.0 Å². The molecular weight excluding hydrogens is 618 g/mol. The van der Waals surface area contributed by atoms with E-state index in [2.05, 4.69) is 10.3 Å². The number of para-hydroxylation sites is 1. The van der Waals surface area contributed by atoms with Crippen molar-refractivity contribution in [2.45, 2.75) is 38.0 Å². The van der Waals surface area contributed by atoms with Crippen LogP contribution in [0.1, 0.15) is 41.6 Å². The van der Waals surface area contributed by atoms with Crippen LogP contribution < -0.4 is 14.5 Å². The molecular formula is C39H39N5O5. The third-order valence-corrected chi connectivity index (χ3v) is 9.05. The fourth-order valence-electron chi connectivity index (χ4n) is 6.34. The Morgan fingerprint density at radius 3 is 2.41 bits per heavy atom. The van der Waals surface area contributed by atoms with Crippen LogP contribution in [-0.2, 0) is 28.3 Å². The molecule has 1 aromatic heterocycles. The Balaban J connectivity index is 1.19. The maximum atomic E-state index is 14.2. The molecule has 1 unspecified atom stereocenters. The van der Waals surface area contributed by atoms with Gasteiger partial charge < -0.3 is 19.8 Å². The van der Waals surface area contributed by atoms with Gasteiger partial charge in [0.05, 0.1) is 37.6 Å². The molecule has 10 heteroatoms.